The largest absolute Gasteiger partial charge is 0.512 e. The molecule has 5 aromatic rings. The molecule has 37 heavy (non-hydrogen) atoms. The van der Waals surface area contributed by atoms with Crippen LogP contribution in [0.2, 0.25) is 0 Å². The first-order valence-corrected chi connectivity index (χ1v) is 11.8. The monoisotopic (exact) mass is 521 g/mol. The Morgan fingerprint density at radius 1 is 0.865 bits per heavy atom. The third-order valence-corrected chi connectivity index (χ3v) is 6.60. The van der Waals surface area contributed by atoms with Gasteiger partial charge in [-0.25, -0.2) is 4.79 Å². The number of carbonyl (C=O) groups is 1. The van der Waals surface area contributed by atoms with Crippen LogP contribution in [0.15, 0.2) is 48.5 Å². The first-order valence-electron chi connectivity index (χ1n) is 11.1. The topological polar surface area (TPSA) is 114 Å². The van der Waals surface area contributed by atoms with E-state index in [4.69, 9.17) is 23.7 Å². The summed E-state index contributed by atoms with van der Waals surface area (Å²) in [6.45, 7) is 0.292. The molecule has 0 amide bonds. The van der Waals surface area contributed by atoms with Crippen LogP contribution in [-0.4, -0.2) is 53.0 Å². The molecule has 0 aliphatic rings. The minimum absolute atomic E-state index is 0.123. The van der Waals surface area contributed by atoms with Crippen molar-refractivity contribution in [1.82, 2.24) is 13.3 Å². The summed E-state index contributed by atoms with van der Waals surface area (Å²) >= 11 is 1.14. The molecule has 0 saturated heterocycles. The van der Waals surface area contributed by atoms with Gasteiger partial charge in [-0.2, -0.15) is 8.75 Å². The van der Waals surface area contributed by atoms with Crippen LogP contribution in [0.4, 0.5) is 4.79 Å². The average molecular weight is 522 g/mol. The second-order valence-corrected chi connectivity index (χ2v) is 8.54. The Kier molecular flexibility index (Phi) is 6.45. The van der Waals surface area contributed by atoms with Gasteiger partial charge in [-0.1, -0.05) is 6.07 Å². The zero-order chi connectivity index (χ0) is 26.1. The lowest BCUT2D eigenvalue weighted by Crippen LogP contribution is -2.10. The predicted octanol–water partition coefficient (Wildman–Crippen LogP) is 5.45. The van der Waals surface area contributed by atoms with E-state index in [0.717, 1.165) is 28.3 Å². The molecule has 10 nitrogen and oxygen atoms in total. The van der Waals surface area contributed by atoms with Gasteiger partial charge in [0.2, 0.25) is 5.88 Å². The molecule has 2 aromatic heterocycles. The maximum absolute atomic E-state index is 11.9. The first kappa shape index (κ1) is 24.2. The third kappa shape index (κ3) is 4.33. The maximum Gasteiger partial charge on any atom is 0.512 e. The van der Waals surface area contributed by atoms with Crippen LogP contribution in [-0.2, 0) is 6.54 Å². The number of hydrogen-bond donors (Lipinski definition) is 1. The van der Waals surface area contributed by atoms with Gasteiger partial charge in [-0.05, 0) is 35.9 Å². The fourth-order valence-corrected chi connectivity index (χ4v) is 4.89. The molecule has 0 saturated carbocycles. The van der Waals surface area contributed by atoms with E-state index in [2.05, 4.69) is 8.75 Å². The van der Waals surface area contributed by atoms with Gasteiger partial charge in [0.05, 0.1) is 57.8 Å². The minimum atomic E-state index is -1.45. The van der Waals surface area contributed by atoms with Gasteiger partial charge in [0.1, 0.15) is 22.5 Å². The molecule has 0 aliphatic heterocycles. The second kappa shape index (κ2) is 9.86. The highest BCUT2D eigenvalue weighted by Crippen LogP contribution is 2.48. The Labute approximate surface area is 215 Å². The van der Waals surface area contributed by atoms with Gasteiger partial charge < -0.3 is 33.4 Å². The van der Waals surface area contributed by atoms with Crippen molar-refractivity contribution in [2.24, 2.45) is 0 Å². The zero-order valence-corrected chi connectivity index (χ0v) is 21.3. The van der Waals surface area contributed by atoms with Gasteiger partial charge in [-0.3, -0.25) is 0 Å². The van der Waals surface area contributed by atoms with Gasteiger partial charge in [0.25, 0.3) is 0 Å². The predicted molar refractivity (Wildman–Crippen MR) is 139 cm³/mol. The number of fused-ring (bicyclic) bond motifs is 2. The Hall–Kier alpha value is -4.51. The summed E-state index contributed by atoms with van der Waals surface area (Å²) in [6, 6.07) is 14.6. The minimum Gasteiger partial charge on any atom is -0.497 e. The number of ether oxygens (including phenoxy) is 5. The van der Waals surface area contributed by atoms with Crippen molar-refractivity contribution < 1.29 is 33.6 Å². The smallest absolute Gasteiger partial charge is 0.497 e. The van der Waals surface area contributed by atoms with E-state index in [1.165, 1.54) is 7.11 Å². The summed E-state index contributed by atoms with van der Waals surface area (Å²) in [6.07, 6.45) is -1.45. The summed E-state index contributed by atoms with van der Waals surface area (Å²) in [5, 5.41) is 10.4. The van der Waals surface area contributed by atoms with Crippen molar-refractivity contribution in [1.29, 1.82) is 0 Å². The van der Waals surface area contributed by atoms with E-state index in [1.807, 2.05) is 18.2 Å². The third-order valence-electron chi connectivity index (χ3n) is 6.04. The molecular formula is C26H23N3O7S. The van der Waals surface area contributed by atoms with Crippen molar-refractivity contribution in [2.45, 2.75) is 6.54 Å². The van der Waals surface area contributed by atoms with Crippen LogP contribution in [0.25, 0.3) is 33.1 Å². The molecule has 0 aliphatic carbocycles. The summed E-state index contributed by atoms with van der Waals surface area (Å²) in [7, 11) is 6.18. The van der Waals surface area contributed by atoms with Crippen LogP contribution in [0.1, 0.15) is 5.56 Å². The summed E-state index contributed by atoms with van der Waals surface area (Å²) < 4.78 is 37.9. The lowest BCUT2D eigenvalue weighted by Gasteiger charge is -2.13. The number of rotatable bonds is 8. The number of nitrogens with zero attached hydrogens (tertiary/aromatic N) is 3. The number of carboxylic acid groups (broad SMARTS) is 1. The Bertz CT molecular complexity index is 1630. The van der Waals surface area contributed by atoms with Crippen molar-refractivity contribution in [3.8, 4) is 40.0 Å². The van der Waals surface area contributed by atoms with Crippen LogP contribution >= 0.6 is 11.7 Å². The van der Waals surface area contributed by atoms with Gasteiger partial charge in [-0.15, -0.1) is 0 Å². The molecule has 0 unspecified atom stereocenters. The molecule has 0 radical (unpaired) electrons. The first-order chi connectivity index (χ1) is 18.0. The van der Waals surface area contributed by atoms with Crippen LogP contribution < -0.4 is 23.7 Å². The fourth-order valence-electron chi connectivity index (χ4n) is 4.37. The average Bonchev–Trinajstić information content (AvgIpc) is 3.49. The van der Waals surface area contributed by atoms with Crippen molar-refractivity contribution >= 4 is 39.8 Å². The van der Waals surface area contributed by atoms with Crippen molar-refractivity contribution in [3.63, 3.8) is 0 Å². The molecule has 5 rings (SSSR count). The fraction of sp³-hybridized carbons (Fsp3) is 0.192. The van der Waals surface area contributed by atoms with Crippen LogP contribution in [0.3, 0.4) is 0 Å². The number of aromatic nitrogens is 3. The lowest BCUT2D eigenvalue weighted by molar-refractivity contribution is 0.141. The molecule has 190 valence electrons. The van der Waals surface area contributed by atoms with E-state index in [9.17, 15) is 9.90 Å². The molecule has 3 aromatic carbocycles. The molecule has 0 spiro atoms. The molecule has 0 atom stereocenters. The highest BCUT2D eigenvalue weighted by Gasteiger charge is 2.27. The quantitative estimate of drug-likeness (QED) is 0.266. The normalized spacial score (nSPS) is 11.0. The molecule has 1 N–H and O–H groups in total. The van der Waals surface area contributed by atoms with E-state index in [1.54, 1.807) is 56.2 Å². The van der Waals surface area contributed by atoms with E-state index in [0.29, 0.717) is 51.6 Å². The maximum atomic E-state index is 11.9. The van der Waals surface area contributed by atoms with Gasteiger partial charge in [0.15, 0.2) is 11.5 Å². The van der Waals surface area contributed by atoms with Crippen LogP contribution in [0.5, 0.6) is 28.9 Å². The number of hydrogen-bond acceptors (Lipinski definition) is 9. The summed E-state index contributed by atoms with van der Waals surface area (Å²) in [5.41, 5.74) is 4.26. The van der Waals surface area contributed by atoms with Crippen molar-refractivity contribution in [3.05, 3.63) is 54.1 Å². The SMILES string of the molecule is COc1ccc(-c2c(OC(=O)O)n(Cc3ccc4nsnc4c3)c3cc(OC)c(OC)cc23)c(OC)c1. The molecular weight excluding hydrogens is 498 g/mol. The molecule has 0 bridgehead atoms. The summed E-state index contributed by atoms with van der Waals surface area (Å²) in [4.78, 5) is 11.9. The highest BCUT2D eigenvalue weighted by molar-refractivity contribution is 7.00. The van der Waals surface area contributed by atoms with E-state index in [-0.39, 0.29) is 5.88 Å². The molecule has 2 heterocycles. The molecule has 0 fully saturated rings. The van der Waals surface area contributed by atoms with Crippen LogP contribution in [0, 0.1) is 0 Å². The zero-order valence-electron chi connectivity index (χ0n) is 20.5. The standard InChI is InChI=1S/C26H23N3O7S/c1-32-15-6-7-16(21(10-15)33-2)24-17-11-22(34-3)23(35-4)12-20(17)29(25(24)36-26(30)31)13-14-5-8-18-19(9-14)28-37-27-18/h5-12H,13H2,1-4H3,(H,30,31). The van der Waals surface area contributed by atoms with E-state index >= 15 is 0 Å². The van der Waals surface area contributed by atoms with E-state index < -0.39 is 6.16 Å². The second-order valence-electron chi connectivity index (χ2n) is 8.01. The Balaban J connectivity index is 1.83. The number of benzene rings is 3. The lowest BCUT2D eigenvalue weighted by atomic mass is 10.0. The highest BCUT2D eigenvalue weighted by atomic mass is 32.1. The summed E-state index contributed by atoms with van der Waals surface area (Å²) in [5.74, 6) is 2.17. The van der Waals surface area contributed by atoms with Gasteiger partial charge >= 0.3 is 6.16 Å². The van der Waals surface area contributed by atoms with Gasteiger partial charge in [0, 0.05) is 23.1 Å². The number of methoxy groups -OCH3 is 4. The Morgan fingerprint density at radius 3 is 2.30 bits per heavy atom. The van der Waals surface area contributed by atoms with Crippen molar-refractivity contribution in [2.75, 3.05) is 28.4 Å². The molecule has 11 heteroatoms. The Morgan fingerprint density at radius 2 is 1.59 bits per heavy atom.